The van der Waals surface area contributed by atoms with Gasteiger partial charge in [0.25, 0.3) is 0 Å². The Hall–Kier alpha value is -0.600. The molecule has 1 heterocycles. The van der Waals surface area contributed by atoms with Gasteiger partial charge in [0.2, 0.25) is 0 Å². The van der Waals surface area contributed by atoms with Gasteiger partial charge in [0.1, 0.15) is 6.10 Å². The summed E-state index contributed by atoms with van der Waals surface area (Å²) in [4.78, 5) is 0. The highest BCUT2D eigenvalue weighted by atomic mass is 16.6. The summed E-state index contributed by atoms with van der Waals surface area (Å²) in [7, 11) is 0. The molecule has 3 atom stereocenters. The van der Waals surface area contributed by atoms with Gasteiger partial charge >= 0.3 is 0 Å². The monoisotopic (exact) mass is 350 g/mol. The molecule has 1 aliphatic rings. The van der Waals surface area contributed by atoms with Crippen LogP contribution in [-0.4, -0.2) is 22.9 Å². The van der Waals surface area contributed by atoms with E-state index in [4.69, 9.17) is 4.74 Å². The van der Waals surface area contributed by atoms with E-state index < -0.39 is 5.60 Å². The van der Waals surface area contributed by atoms with Crippen LogP contribution in [0.1, 0.15) is 98.8 Å². The lowest BCUT2D eigenvalue weighted by atomic mass is 9.89. The van der Waals surface area contributed by atoms with Crippen LogP contribution in [0, 0.1) is 5.41 Å². The summed E-state index contributed by atoms with van der Waals surface area (Å²) >= 11 is 0. The van der Waals surface area contributed by atoms with Gasteiger partial charge in [0.15, 0.2) is 0 Å². The summed E-state index contributed by atoms with van der Waals surface area (Å²) < 4.78 is 5.69. The Kier molecular flexibility index (Phi) is 10.0. The maximum absolute atomic E-state index is 10.4. The molecule has 3 unspecified atom stereocenters. The third-order valence-corrected chi connectivity index (χ3v) is 4.87. The summed E-state index contributed by atoms with van der Waals surface area (Å²) in [6, 6.07) is 0. The molecule has 1 aliphatic heterocycles. The second kappa shape index (κ2) is 11.2. The summed E-state index contributed by atoms with van der Waals surface area (Å²) in [5.74, 6) is 0. The lowest BCUT2D eigenvalue weighted by Crippen LogP contribution is -2.19. The van der Waals surface area contributed by atoms with E-state index in [-0.39, 0.29) is 6.10 Å². The Balaban J connectivity index is 2.12. The smallest absolute Gasteiger partial charge is 0.102 e. The van der Waals surface area contributed by atoms with Gasteiger partial charge < -0.3 is 9.84 Å². The van der Waals surface area contributed by atoms with Crippen LogP contribution in [0.2, 0.25) is 0 Å². The fourth-order valence-corrected chi connectivity index (χ4v) is 2.99. The van der Waals surface area contributed by atoms with Crippen molar-refractivity contribution < 1.29 is 9.84 Å². The Morgan fingerprint density at radius 2 is 1.64 bits per heavy atom. The fraction of sp³-hybridized carbons (Fsp3) is 0.826. The molecule has 0 aromatic heterocycles. The van der Waals surface area contributed by atoms with Crippen molar-refractivity contribution >= 4 is 0 Å². The highest BCUT2D eigenvalue weighted by Crippen LogP contribution is 2.33. The first-order valence-corrected chi connectivity index (χ1v) is 10.5. The number of epoxide rings is 1. The van der Waals surface area contributed by atoms with Crippen LogP contribution in [-0.2, 0) is 4.74 Å². The van der Waals surface area contributed by atoms with Crippen molar-refractivity contribution in [1.82, 2.24) is 0 Å². The largest absolute Gasteiger partial charge is 0.386 e. The van der Waals surface area contributed by atoms with Crippen LogP contribution < -0.4 is 0 Å². The van der Waals surface area contributed by atoms with Gasteiger partial charge in [0, 0.05) is 0 Å². The highest BCUT2D eigenvalue weighted by molar-refractivity contribution is 5.10. The van der Waals surface area contributed by atoms with Gasteiger partial charge in [-0.05, 0) is 44.4 Å². The van der Waals surface area contributed by atoms with Crippen LogP contribution in [0.3, 0.4) is 0 Å². The third kappa shape index (κ3) is 12.4. The summed E-state index contributed by atoms with van der Waals surface area (Å²) in [6.07, 6.45) is 21.0. The van der Waals surface area contributed by atoms with Crippen LogP contribution in [0.4, 0.5) is 0 Å². The quantitative estimate of drug-likeness (QED) is 0.231. The van der Waals surface area contributed by atoms with Crippen molar-refractivity contribution in [3.63, 3.8) is 0 Å². The molecular formula is C23H42O2. The number of hydrogen-bond donors (Lipinski definition) is 1. The van der Waals surface area contributed by atoms with Crippen LogP contribution in [0.25, 0.3) is 0 Å². The van der Waals surface area contributed by atoms with E-state index in [0.29, 0.717) is 17.9 Å². The lowest BCUT2D eigenvalue weighted by Gasteiger charge is -2.17. The van der Waals surface area contributed by atoms with Crippen molar-refractivity contribution in [1.29, 1.82) is 0 Å². The molecule has 25 heavy (non-hydrogen) atoms. The minimum atomic E-state index is -0.766. The minimum absolute atomic E-state index is 0.209. The minimum Gasteiger partial charge on any atom is -0.386 e. The molecule has 2 heteroatoms. The van der Waals surface area contributed by atoms with Crippen molar-refractivity contribution in [2.75, 3.05) is 0 Å². The summed E-state index contributed by atoms with van der Waals surface area (Å²) in [5.41, 5.74) is -0.398. The van der Waals surface area contributed by atoms with Crippen molar-refractivity contribution in [2.45, 2.75) is 117 Å². The van der Waals surface area contributed by atoms with Gasteiger partial charge in [0.05, 0.1) is 11.7 Å². The van der Waals surface area contributed by atoms with E-state index in [0.717, 1.165) is 12.8 Å². The predicted molar refractivity (Wildman–Crippen MR) is 109 cm³/mol. The zero-order chi connectivity index (χ0) is 18.8. The first kappa shape index (κ1) is 22.4. The van der Waals surface area contributed by atoms with Crippen molar-refractivity contribution in [3.8, 4) is 0 Å². The van der Waals surface area contributed by atoms with Crippen LogP contribution in [0.5, 0.6) is 0 Å². The maximum atomic E-state index is 10.4. The van der Waals surface area contributed by atoms with Gasteiger partial charge in [-0.1, -0.05) is 84.1 Å². The lowest BCUT2D eigenvalue weighted by molar-refractivity contribution is 0.114. The Morgan fingerprint density at radius 3 is 2.32 bits per heavy atom. The van der Waals surface area contributed by atoms with Crippen molar-refractivity contribution in [2.24, 2.45) is 5.41 Å². The number of aliphatic hydroxyl groups is 1. The zero-order valence-electron chi connectivity index (χ0n) is 17.4. The van der Waals surface area contributed by atoms with Gasteiger partial charge in [-0.25, -0.2) is 0 Å². The molecule has 0 aromatic rings. The maximum Gasteiger partial charge on any atom is 0.102 e. The molecule has 0 aliphatic carbocycles. The highest BCUT2D eigenvalue weighted by Gasteiger charge is 2.37. The van der Waals surface area contributed by atoms with Crippen LogP contribution in [0.15, 0.2) is 24.3 Å². The summed E-state index contributed by atoms with van der Waals surface area (Å²) in [5, 5.41) is 10.4. The van der Waals surface area contributed by atoms with E-state index in [9.17, 15) is 5.11 Å². The average molecular weight is 351 g/mol. The number of rotatable bonds is 13. The van der Waals surface area contributed by atoms with Gasteiger partial charge in [-0.15, -0.1) is 0 Å². The van der Waals surface area contributed by atoms with Crippen LogP contribution >= 0.6 is 0 Å². The number of allylic oxidation sites excluding steroid dienone is 1. The molecule has 1 rings (SSSR count). The Labute approximate surface area is 156 Å². The van der Waals surface area contributed by atoms with E-state index in [1.54, 1.807) is 0 Å². The molecule has 1 saturated heterocycles. The molecule has 0 bridgehead atoms. The SMILES string of the molecule is CCCCCCCC/C=C\CC(C)(O)/C=C/C1OC1CCC(C)(C)C. The molecule has 0 radical (unpaired) electrons. The first-order valence-electron chi connectivity index (χ1n) is 10.5. The second-order valence-corrected chi connectivity index (χ2v) is 9.19. The molecular weight excluding hydrogens is 308 g/mol. The number of hydrogen-bond acceptors (Lipinski definition) is 2. The molecule has 1 N–H and O–H groups in total. The van der Waals surface area contributed by atoms with E-state index in [2.05, 4.69) is 45.9 Å². The average Bonchev–Trinajstić information content (AvgIpc) is 3.28. The number of unbranched alkanes of at least 4 members (excludes halogenated alkanes) is 6. The Bertz CT molecular complexity index is 401. The molecule has 0 saturated carbocycles. The van der Waals surface area contributed by atoms with E-state index >= 15 is 0 Å². The topological polar surface area (TPSA) is 32.8 Å². The second-order valence-electron chi connectivity index (χ2n) is 9.19. The zero-order valence-corrected chi connectivity index (χ0v) is 17.4. The standard InChI is InChI=1S/C23H42O2/c1-6-7-8-9-10-11-12-13-14-17-23(5,24)19-16-21-20(25-21)15-18-22(2,3)4/h13-14,16,19-21,24H,6-12,15,17-18H2,1-5H3/b14-13-,19-16+. The fourth-order valence-electron chi connectivity index (χ4n) is 2.99. The normalized spacial score (nSPS) is 23.4. The Morgan fingerprint density at radius 1 is 0.960 bits per heavy atom. The molecule has 146 valence electrons. The summed E-state index contributed by atoms with van der Waals surface area (Å²) in [6.45, 7) is 10.9. The molecule has 0 aromatic carbocycles. The third-order valence-electron chi connectivity index (χ3n) is 4.87. The predicted octanol–water partition coefficient (Wildman–Crippen LogP) is 6.58. The van der Waals surface area contributed by atoms with Gasteiger partial charge in [-0.3, -0.25) is 0 Å². The molecule has 0 spiro atoms. The van der Waals surface area contributed by atoms with Crippen molar-refractivity contribution in [3.05, 3.63) is 24.3 Å². The van der Waals surface area contributed by atoms with Gasteiger partial charge in [-0.2, -0.15) is 0 Å². The van der Waals surface area contributed by atoms with E-state index in [1.165, 1.54) is 44.9 Å². The molecule has 0 amide bonds. The molecule has 2 nitrogen and oxygen atoms in total. The first-order chi connectivity index (χ1) is 11.7. The van der Waals surface area contributed by atoms with E-state index in [1.807, 2.05) is 13.0 Å². The number of ether oxygens (including phenoxy) is 1. The molecule has 1 fully saturated rings.